The average Bonchev–Trinajstić information content (AvgIpc) is 2.48. The molecule has 1 aliphatic heterocycles. The molecular weight excluding hydrogens is 234 g/mol. The predicted octanol–water partition coefficient (Wildman–Crippen LogP) is 2.80. The number of nitrogens with zero attached hydrogens (tertiary/aromatic N) is 1. The zero-order valence-electron chi connectivity index (χ0n) is 11.0. The lowest BCUT2D eigenvalue weighted by atomic mass is 9.86. The minimum absolute atomic E-state index is 0.581. The molecule has 0 atom stereocenters. The summed E-state index contributed by atoms with van der Waals surface area (Å²) in [5, 5.41) is 3.42. The zero-order chi connectivity index (χ0) is 13.1. The predicted molar refractivity (Wildman–Crippen MR) is 78.9 cm³/mol. The van der Waals surface area contributed by atoms with Crippen molar-refractivity contribution < 1.29 is 0 Å². The average molecular weight is 253 g/mol. The van der Waals surface area contributed by atoms with Crippen LogP contribution in [0.25, 0.3) is 11.3 Å². The number of benzene rings is 1. The Morgan fingerprint density at radius 1 is 1.00 bits per heavy atom. The van der Waals surface area contributed by atoms with Gasteiger partial charge in [-0.3, -0.25) is 0 Å². The van der Waals surface area contributed by atoms with Gasteiger partial charge < -0.3 is 11.1 Å². The second kappa shape index (κ2) is 5.41. The molecule has 1 aromatic heterocycles. The molecule has 1 aliphatic rings. The van der Waals surface area contributed by atoms with Crippen LogP contribution in [0.3, 0.4) is 0 Å². The van der Waals surface area contributed by atoms with Crippen LogP contribution in [0, 0.1) is 0 Å². The molecule has 3 heteroatoms. The first-order chi connectivity index (χ1) is 9.34. The van der Waals surface area contributed by atoms with Crippen molar-refractivity contribution in [3.63, 3.8) is 0 Å². The van der Waals surface area contributed by atoms with Crippen LogP contribution in [-0.2, 0) is 0 Å². The number of hydrogen-bond acceptors (Lipinski definition) is 3. The fourth-order valence-electron chi connectivity index (χ4n) is 2.82. The SMILES string of the molecule is Nc1cccc(-c2ccccc2C2CCNCC2)n1. The van der Waals surface area contributed by atoms with Crippen LogP contribution in [0.5, 0.6) is 0 Å². The van der Waals surface area contributed by atoms with Crippen molar-refractivity contribution in [2.24, 2.45) is 0 Å². The quantitative estimate of drug-likeness (QED) is 0.865. The van der Waals surface area contributed by atoms with Crippen molar-refractivity contribution in [3.8, 4) is 11.3 Å². The Morgan fingerprint density at radius 2 is 1.79 bits per heavy atom. The zero-order valence-corrected chi connectivity index (χ0v) is 11.0. The smallest absolute Gasteiger partial charge is 0.124 e. The maximum Gasteiger partial charge on any atom is 0.124 e. The molecule has 98 valence electrons. The Labute approximate surface area is 113 Å². The summed E-state index contributed by atoms with van der Waals surface area (Å²) in [5.41, 5.74) is 9.41. The molecule has 0 unspecified atom stereocenters. The van der Waals surface area contributed by atoms with Gasteiger partial charge in [0.05, 0.1) is 5.69 Å². The second-order valence-corrected chi connectivity index (χ2v) is 5.06. The molecule has 0 amide bonds. The van der Waals surface area contributed by atoms with E-state index in [0.29, 0.717) is 11.7 Å². The molecule has 0 aliphatic carbocycles. The molecule has 3 nitrogen and oxygen atoms in total. The van der Waals surface area contributed by atoms with Crippen LogP contribution in [0.4, 0.5) is 5.82 Å². The summed E-state index contributed by atoms with van der Waals surface area (Å²) in [6.45, 7) is 2.20. The first-order valence-corrected chi connectivity index (χ1v) is 6.87. The minimum Gasteiger partial charge on any atom is -0.384 e. The van der Waals surface area contributed by atoms with Crippen LogP contribution >= 0.6 is 0 Å². The van der Waals surface area contributed by atoms with Gasteiger partial charge in [-0.15, -0.1) is 0 Å². The van der Waals surface area contributed by atoms with E-state index in [1.807, 2.05) is 18.2 Å². The van der Waals surface area contributed by atoms with E-state index in [9.17, 15) is 0 Å². The summed E-state index contributed by atoms with van der Waals surface area (Å²) in [6, 6.07) is 14.4. The van der Waals surface area contributed by atoms with Gasteiger partial charge >= 0.3 is 0 Å². The molecule has 1 saturated heterocycles. The molecule has 1 aromatic carbocycles. The molecule has 3 N–H and O–H groups in total. The molecule has 2 heterocycles. The third-order valence-electron chi connectivity index (χ3n) is 3.79. The number of anilines is 1. The van der Waals surface area contributed by atoms with Crippen molar-refractivity contribution in [1.29, 1.82) is 0 Å². The number of nitrogens with one attached hydrogen (secondary N) is 1. The normalized spacial score (nSPS) is 16.4. The Hall–Kier alpha value is -1.87. The van der Waals surface area contributed by atoms with Gasteiger partial charge in [0.15, 0.2) is 0 Å². The summed E-state index contributed by atoms with van der Waals surface area (Å²) in [7, 11) is 0. The fourth-order valence-corrected chi connectivity index (χ4v) is 2.82. The lowest BCUT2D eigenvalue weighted by Gasteiger charge is -2.25. The van der Waals surface area contributed by atoms with Gasteiger partial charge in [0.1, 0.15) is 5.82 Å². The number of pyridine rings is 1. The maximum atomic E-state index is 5.80. The number of nitrogen functional groups attached to an aromatic ring is 1. The van der Waals surface area contributed by atoms with E-state index in [1.165, 1.54) is 24.0 Å². The Bertz CT molecular complexity index is 559. The first-order valence-electron chi connectivity index (χ1n) is 6.87. The number of piperidine rings is 1. The molecule has 19 heavy (non-hydrogen) atoms. The molecule has 0 saturated carbocycles. The van der Waals surface area contributed by atoms with Crippen molar-refractivity contribution in [2.45, 2.75) is 18.8 Å². The fraction of sp³-hybridized carbons (Fsp3) is 0.312. The van der Waals surface area contributed by atoms with Gasteiger partial charge in [-0.2, -0.15) is 0 Å². The van der Waals surface area contributed by atoms with E-state index >= 15 is 0 Å². The molecule has 3 rings (SSSR count). The van der Waals surface area contributed by atoms with E-state index in [4.69, 9.17) is 5.73 Å². The van der Waals surface area contributed by atoms with E-state index in [-0.39, 0.29) is 0 Å². The van der Waals surface area contributed by atoms with Crippen molar-refractivity contribution in [1.82, 2.24) is 10.3 Å². The minimum atomic E-state index is 0.581. The molecule has 0 bridgehead atoms. The van der Waals surface area contributed by atoms with E-state index in [2.05, 4.69) is 34.6 Å². The topological polar surface area (TPSA) is 50.9 Å². The Balaban J connectivity index is 2.01. The van der Waals surface area contributed by atoms with Crippen LogP contribution in [-0.4, -0.2) is 18.1 Å². The lowest BCUT2D eigenvalue weighted by Crippen LogP contribution is -2.26. The maximum absolute atomic E-state index is 5.80. The highest BCUT2D eigenvalue weighted by atomic mass is 14.9. The van der Waals surface area contributed by atoms with Gasteiger partial charge in [-0.05, 0) is 49.5 Å². The first kappa shape index (κ1) is 12.2. The Kier molecular flexibility index (Phi) is 3.47. The summed E-state index contributed by atoms with van der Waals surface area (Å²) in [5.74, 6) is 1.21. The molecular formula is C16H19N3. The Morgan fingerprint density at radius 3 is 2.58 bits per heavy atom. The van der Waals surface area contributed by atoms with Gasteiger partial charge in [0, 0.05) is 5.56 Å². The highest BCUT2D eigenvalue weighted by molar-refractivity contribution is 5.65. The second-order valence-electron chi connectivity index (χ2n) is 5.06. The van der Waals surface area contributed by atoms with Crippen LogP contribution in [0.15, 0.2) is 42.5 Å². The highest BCUT2D eigenvalue weighted by Crippen LogP contribution is 2.33. The summed E-state index contributed by atoms with van der Waals surface area (Å²) in [6.07, 6.45) is 2.39. The van der Waals surface area contributed by atoms with E-state index in [0.717, 1.165) is 18.8 Å². The summed E-state index contributed by atoms with van der Waals surface area (Å²) in [4.78, 5) is 4.46. The van der Waals surface area contributed by atoms with Crippen molar-refractivity contribution in [2.75, 3.05) is 18.8 Å². The largest absolute Gasteiger partial charge is 0.384 e. The van der Waals surface area contributed by atoms with E-state index < -0.39 is 0 Å². The highest BCUT2D eigenvalue weighted by Gasteiger charge is 2.18. The summed E-state index contributed by atoms with van der Waals surface area (Å²) < 4.78 is 0. The van der Waals surface area contributed by atoms with Crippen molar-refractivity contribution in [3.05, 3.63) is 48.0 Å². The third-order valence-corrected chi connectivity index (χ3v) is 3.79. The van der Waals surface area contributed by atoms with Gasteiger partial charge in [-0.25, -0.2) is 4.98 Å². The standard InChI is InChI=1S/C16H19N3/c17-16-7-3-6-15(19-16)14-5-2-1-4-13(14)12-8-10-18-11-9-12/h1-7,12,18H,8-11H2,(H2,17,19). The monoisotopic (exact) mass is 253 g/mol. The molecule has 2 aromatic rings. The van der Waals surface area contributed by atoms with Crippen LogP contribution in [0.2, 0.25) is 0 Å². The van der Waals surface area contributed by atoms with Crippen molar-refractivity contribution >= 4 is 5.82 Å². The van der Waals surface area contributed by atoms with Crippen LogP contribution in [0.1, 0.15) is 24.3 Å². The third kappa shape index (κ3) is 2.61. The van der Waals surface area contributed by atoms with E-state index in [1.54, 1.807) is 0 Å². The molecule has 0 radical (unpaired) electrons. The van der Waals surface area contributed by atoms with Crippen LogP contribution < -0.4 is 11.1 Å². The lowest BCUT2D eigenvalue weighted by molar-refractivity contribution is 0.461. The number of rotatable bonds is 2. The van der Waals surface area contributed by atoms with Gasteiger partial charge in [0.2, 0.25) is 0 Å². The number of aromatic nitrogens is 1. The number of nitrogens with two attached hydrogens (primary N) is 1. The van der Waals surface area contributed by atoms with Gasteiger partial charge in [-0.1, -0.05) is 30.3 Å². The molecule has 1 fully saturated rings. The number of hydrogen-bond donors (Lipinski definition) is 2. The molecule has 0 spiro atoms. The summed E-state index contributed by atoms with van der Waals surface area (Å²) >= 11 is 0. The van der Waals surface area contributed by atoms with Gasteiger partial charge in [0.25, 0.3) is 0 Å².